The molecule has 0 spiro atoms. The van der Waals surface area contributed by atoms with E-state index in [-0.39, 0.29) is 29.4 Å². The third kappa shape index (κ3) is 3.65. The Hall–Kier alpha value is -4.33. The van der Waals surface area contributed by atoms with Crippen LogP contribution >= 0.6 is 0 Å². The zero-order chi connectivity index (χ0) is 23.1. The number of rotatable bonds is 4. The summed E-state index contributed by atoms with van der Waals surface area (Å²) in [7, 11) is 1.69. The van der Waals surface area contributed by atoms with Gasteiger partial charge in [0.25, 0.3) is 11.5 Å². The van der Waals surface area contributed by atoms with Crippen molar-refractivity contribution in [2.75, 3.05) is 0 Å². The Bertz CT molecular complexity index is 1590. The molecular weight excluding hydrogens is 426 g/mol. The molecule has 8 heteroatoms. The molecule has 5 rings (SSSR count). The fourth-order valence-electron chi connectivity index (χ4n) is 4.00. The zero-order valence-electron chi connectivity index (χ0n) is 17.5. The summed E-state index contributed by atoms with van der Waals surface area (Å²) in [4.78, 5) is 33.3. The minimum absolute atomic E-state index is 0.163. The fourth-order valence-corrected chi connectivity index (χ4v) is 4.00. The number of nitrogens with one attached hydrogen (secondary N) is 2. The number of nitrogens with zero attached hydrogens (tertiary/aromatic N) is 2. The molecule has 0 radical (unpaired) electrons. The van der Waals surface area contributed by atoms with E-state index in [0.717, 1.165) is 0 Å². The van der Waals surface area contributed by atoms with Gasteiger partial charge in [0.1, 0.15) is 23.2 Å². The summed E-state index contributed by atoms with van der Waals surface area (Å²) in [5.41, 5.74) is 1.97. The van der Waals surface area contributed by atoms with E-state index in [0.29, 0.717) is 32.9 Å². The highest BCUT2D eigenvalue weighted by Crippen LogP contribution is 2.33. The van der Waals surface area contributed by atoms with E-state index in [1.807, 2.05) is 0 Å². The number of benzene rings is 3. The van der Waals surface area contributed by atoms with Gasteiger partial charge in [0, 0.05) is 24.5 Å². The van der Waals surface area contributed by atoms with Gasteiger partial charge in [-0.1, -0.05) is 24.3 Å². The van der Waals surface area contributed by atoms with Crippen molar-refractivity contribution in [1.82, 2.24) is 19.9 Å². The van der Waals surface area contributed by atoms with Crippen molar-refractivity contribution in [2.24, 2.45) is 7.05 Å². The number of halogens is 2. The first kappa shape index (κ1) is 20.6. The van der Waals surface area contributed by atoms with E-state index >= 15 is 0 Å². The molecule has 3 aromatic carbocycles. The van der Waals surface area contributed by atoms with Crippen LogP contribution < -0.4 is 10.9 Å². The first-order chi connectivity index (χ1) is 15.9. The number of carbonyl (C=O) groups is 1. The molecule has 0 saturated heterocycles. The van der Waals surface area contributed by atoms with Crippen molar-refractivity contribution in [3.05, 3.63) is 100.0 Å². The number of aromatic nitrogens is 3. The third-order valence-corrected chi connectivity index (χ3v) is 5.59. The summed E-state index contributed by atoms with van der Waals surface area (Å²) in [5.74, 6) is -1.11. The van der Waals surface area contributed by atoms with Crippen LogP contribution in [0, 0.1) is 11.6 Å². The molecule has 0 aliphatic carbocycles. The Kier molecular flexibility index (Phi) is 4.97. The molecule has 2 heterocycles. The molecule has 2 aromatic heterocycles. The maximum atomic E-state index is 14.2. The summed E-state index contributed by atoms with van der Waals surface area (Å²) in [6.07, 6.45) is 0. The minimum Gasteiger partial charge on any atom is -0.347 e. The van der Waals surface area contributed by atoms with Crippen LogP contribution in [0.3, 0.4) is 0 Å². The van der Waals surface area contributed by atoms with Gasteiger partial charge in [0.05, 0.1) is 16.5 Å². The number of aryl methyl sites for hydroxylation is 1. The van der Waals surface area contributed by atoms with Crippen LogP contribution in [0.5, 0.6) is 0 Å². The number of hydrogen-bond donors (Lipinski definition) is 2. The number of aromatic amines is 1. The first-order valence-electron chi connectivity index (χ1n) is 10.2. The lowest BCUT2D eigenvalue weighted by Crippen LogP contribution is -2.26. The maximum Gasteiger partial charge on any atom is 0.268 e. The predicted octanol–water partition coefficient (Wildman–Crippen LogP) is 4.29. The molecule has 2 N–H and O–H groups in total. The molecule has 0 bridgehead atoms. The van der Waals surface area contributed by atoms with Gasteiger partial charge in [0.15, 0.2) is 0 Å². The van der Waals surface area contributed by atoms with E-state index in [2.05, 4.69) is 15.3 Å². The second kappa shape index (κ2) is 7.98. The van der Waals surface area contributed by atoms with Gasteiger partial charge in [-0.15, -0.1) is 0 Å². The van der Waals surface area contributed by atoms with E-state index < -0.39 is 11.7 Å². The predicted molar refractivity (Wildman–Crippen MR) is 122 cm³/mol. The van der Waals surface area contributed by atoms with E-state index in [4.69, 9.17) is 0 Å². The van der Waals surface area contributed by atoms with Crippen LogP contribution in [0.15, 0.2) is 71.5 Å². The lowest BCUT2D eigenvalue weighted by Gasteiger charge is -2.10. The second-order valence-electron chi connectivity index (χ2n) is 7.68. The highest BCUT2D eigenvalue weighted by molar-refractivity contribution is 6.09. The molecule has 6 nitrogen and oxygen atoms in total. The molecule has 164 valence electrons. The van der Waals surface area contributed by atoms with Gasteiger partial charge < -0.3 is 14.9 Å². The number of hydrogen-bond acceptors (Lipinski definition) is 3. The van der Waals surface area contributed by atoms with Crippen LogP contribution in [0.1, 0.15) is 16.1 Å². The summed E-state index contributed by atoms with van der Waals surface area (Å²) in [6, 6.07) is 16.8. The van der Waals surface area contributed by atoms with Crippen molar-refractivity contribution < 1.29 is 13.6 Å². The molecule has 0 aliphatic rings. The summed E-state index contributed by atoms with van der Waals surface area (Å²) in [6.45, 7) is 0.163. The minimum atomic E-state index is -0.476. The van der Waals surface area contributed by atoms with Gasteiger partial charge in [0.2, 0.25) is 0 Å². The van der Waals surface area contributed by atoms with Crippen molar-refractivity contribution in [1.29, 1.82) is 0 Å². The smallest absolute Gasteiger partial charge is 0.268 e. The summed E-state index contributed by atoms with van der Waals surface area (Å²) in [5, 5.41) is 3.68. The molecule has 33 heavy (non-hydrogen) atoms. The van der Waals surface area contributed by atoms with Crippen molar-refractivity contribution in [2.45, 2.75) is 6.54 Å². The molecule has 5 aromatic rings. The topological polar surface area (TPSA) is 79.8 Å². The van der Waals surface area contributed by atoms with Gasteiger partial charge in [-0.2, -0.15) is 0 Å². The quantitative estimate of drug-likeness (QED) is 0.434. The Labute approximate surface area is 186 Å². The standard InChI is InChI=1S/C25H18F2N4O2/c1-31-20-11-10-16(27)12-18(20)21(23-29-19-5-3-2-4-17(19)24(32)30-23)22(31)25(33)28-13-14-6-8-15(26)9-7-14/h2-12H,13H2,1H3,(H,28,33)(H,29,30,32). The van der Waals surface area contributed by atoms with E-state index in [1.165, 1.54) is 24.3 Å². The normalized spacial score (nSPS) is 11.2. The average Bonchev–Trinajstić information content (AvgIpc) is 3.10. The largest absolute Gasteiger partial charge is 0.347 e. The molecular formula is C25H18F2N4O2. The van der Waals surface area contributed by atoms with Crippen molar-refractivity contribution >= 4 is 27.7 Å². The van der Waals surface area contributed by atoms with E-state index in [9.17, 15) is 18.4 Å². The number of amides is 1. The van der Waals surface area contributed by atoms with Crippen molar-refractivity contribution in [3.63, 3.8) is 0 Å². The molecule has 0 aliphatic heterocycles. The number of H-pyrrole nitrogens is 1. The Morgan fingerprint density at radius 2 is 1.73 bits per heavy atom. The summed E-state index contributed by atoms with van der Waals surface area (Å²) >= 11 is 0. The molecule has 0 fully saturated rings. The van der Waals surface area contributed by atoms with Crippen LogP contribution in [0.2, 0.25) is 0 Å². The van der Waals surface area contributed by atoms with Crippen LogP contribution in [-0.2, 0) is 13.6 Å². The third-order valence-electron chi connectivity index (χ3n) is 5.59. The monoisotopic (exact) mass is 444 g/mol. The molecule has 0 saturated carbocycles. The lowest BCUT2D eigenvalue weighted by atomic mass is 10.1. The zero-order valence-corrected chi connectivity index (χ0v) is 17.5. The van der Waals surface area contributed by atoms with Gasteiger partial charge in [-0.3, -0.25) is 9.59 Å². The Morgan fingerprint density at radius 1 is 1.00 bits per heavy atom. The molecule has 0 unspecified atom stereocenters. The maximum absolute atomic E-state index is 14.2. The van der Waals surface area contributed by atoms with Gasteiger partial charge in [-0.25, -0.2) is 13.8 Å². The summed E-state index contributed by atoms with van der Waals surface area (Å²) < 4.78 is 29.0. The van der Waals surface area contributed by atoms with Crippen molar-refractivity contribution in [3.8, 4) is 11.4 Å². The number of fused-ring (bicyclic) bond motifs is 2. The van der Waals surface area contributed by atoms with Crippen LogP contribution in [0.25, 0.3) is 33.2 Å². The second-order valence-corrected chi connectivity index (χ2v) is 7.68. The molecule has 0 atom stereocenters. The highest BCUT2D eigenvalue weighted by atomic mass is 19.1. The van der Waals surface area contributed by atoms with Gasteiger partial charge in [-0.05, 0) is 48.0 Å². The number of para-hydroxylation sites is 1. The lowest BCUT2D eigenvalue weighted by molar-refractivity contribution is 0.0944. The molecule has 1 amide bonds. The Morgan fingerprint density at radius 3 is 2.52 bits per heavy atom. The van der Waals surface area contributed by atoms with Crippen LogP contribution in [0.4, 0.5) is 8.78 Å². The van der Waals surface area contributed by atoms with Gasteiger partial charge >= 0.3 is 0 Å². The number of carbonyl (C=O) groups excluding carboxylic acids is 1. The average molecular weight is 444 g/mol. The first-order valence-corrected chi connectivity index (χ1v) is 10.2. The fraction of sp³-hybridized carbons (Fsp3) is 0.0800. The highest BCUT2D eigenvalue weighted by Gasteiger charge is 2.24. The SMILES string of the molecule is Cn1c(C(=O)NCc2ccc(F)cc2)c(-c2nc3ccccc3c(=O)[nH]2)c2cc(F)ccc21. The van der Waals surface area contributed by atoms with E-state index in [1.54, 1.807) is 54.1 Å². The van der Waals surface area contributed by atoms with Crippen LogP contribution in [-0.4, -0.2) is 20.4 Å². The Balaban J connectivity index is 1.67.